The minimum atomic E-state index is -0.808. The normalized spacial score (nSPS) is 9.72. The summed E-state index contributed by atoms with van der Waals surface area (Å²) in [5, 5.41) is 0. The van der Waals surface area contributed by atoms with Crippen LogP contribution >= 0.6 is 12.4 Å². The van der Waals surface area contributed by atoms with Crippen LogP contribution in [0.4, 0.5) is 10.2 Å². The molecule has 0 aliphatic heterocycles. The Labute approximate surface area is 110 Å². The first-order valence-corrected chi connectivity index (χ1v) is 5.29. The molecule has 1 aromatic heterocycles. The second kappa shape index (κ2) is 6.95. The van der Waals surface area contributed by atoms with Gasteiger partial charge in [0.05, 0.1) is 0 Å². The lowest BCUT2D eigenvalue weighted by Gasteiger charge is -2.18. The van der Waals surface area contributed by atoms with Gasteiger partial charge < -0.3 is 10.6 Å². The van der Waals surface area contributed by atoms with E-state index in [0.717, 1.165) is 10.8 Å². The molecule has 0 fully saturated rings. The first-order valence-electron chi connectivity index (χ1n) is 5.29. The summed E-state index contributed by atoms with van der Waals surface area (Å²) in [4.78, 5) is 27.9. The Morgan fingerprint density at radius 1 is 1.50 bits per heavy atom. The van der Waals surface area contributed by atoms with Crippen molar-refractivity contribution in [2.45, 2.75) is 20.4 Å². The van der Waals surface area contributed by atoms with Gasteiger partial charge in [0.1, 0.15) is 6.54 Å². The molecule has 0 spiro atoms. The number of hydrogen-bond acceptors (Lipinski definition) is 4. The van der Waals surface area contributed by atoms with Crippen molar-refractivity contribution in [2.75, 3.05) is 18.8 Å². The summed E-state index contributed by atoms with van der Waals surface area (Å²) in [6.45, 7) is 4.49. The van der Waals surface area contributed by atoms with Gasteiger partial charge in [-0.25, -0.2) is 9.18 Å². The molecule has 1 aromatic rings. The summed E-state index contributed by atoms with van der Waals surface area (Å²) in [6, 6.07) is 0. The summed E-state index contributed by atoms with van der Waals surface area (Å²) in [5.41, 5.74) is 4.41. The van der Waals surface area contributed by atoms with Gasteiger partial charge in [0.15, 0.2) is 11.6 Å². The maximum Gasteiger partial charge on any atom is 0.350 e. The van der Waals surface area contributed by atoms with Crippen LogP contribution in [0.5, 0.6) is 0 Å². The molecule has 0 aliphatic rings. The van der Waals surface area contributed by atoms with Crippen LogP contribution in [0.3, 0.4) is 0 Å². The van der Waals surface area contributed by atoms with E-state index in [2.05, 4.69) is 4.98 Å². The number of aromatic nitrogens is 2. The molecule has 102 valence electrons. The number of anilines is 1. The molecular weight excluding hydrogens is 263 g/mol. The summed E-state index contributed by atoms with van der Waals surface area (Å²) in [5.74, 6) is -1.53. The highest BCUT2D eigenvalue weighted by Crippen LogP contribution is 2.01. The molecule has 0 aromatic carbocycles. The van der Waals surface area contributed by atoms with Crippen molar-refractivity contribution >= 4 is 24.1 Å². The SMILES string of the molecule is CCN(CC)C(=O)Cn1cc(F)c(N)nc1=O.Cl. The number of rotatable bonds is 4. The van der Waals surface area contributed by atoms with Crippen LogP contribution in [-0.2, 0) is 11.3 Å². The highest BCUT2D eigenvalue weighted by Gasteiger charge is 2.13. The van der Waals surface area contributed by atoms with Crippen molar-refractivity contribution in [1.82, 2.24) is 14.5 Å². The van der Waals surface area contributed by atoms with E-state index in [0.29, 0.717) is 13.1 Å². The van der Waals surface area contributed by atoms with E-state index in [1.807, 2.05) is 13.8 Å². The van der Waals surface area contributed by atoms with E-state index < -0.39 is 17.3 Å². The number of nitrogens with two attached hydrogens (primary N) is 1. The molecule has 0 radical (unpaired) electrons. The first-order chi connectivity index (χ1) is 7.99. The van der Waals surface area contributed by atoms with Gasteiger partial charge in [-0.15, -0.1) is 12.4 Å². The Hall–Kier alpha value is -1.63. The second-order valence-electron chi connectivity index (χ2n) is 3.45. The molecule has 2 N–H and O–H groups in total. The van der Waals surface area contributed by atoms with E-state index in [4.69, 9.17) is 5.73 Å². The zero-order valence-corrected chi connectivity index (χ0v) is 11.0. The van der Waals surface area contributed by atoms with Crippen LogP contribution in [0.2, 0.25) is 0 Å². The minimum absolute atomic E-state index is 0. The molecule has 18 heavy (non-hydrogen) atoms. The summed E-state index contributed by atoms with van der Waals surface area (Å²) < 4.78 is 14.0. The molecule has 0 unspecified atom stereocenters. The molecular formula is C10H16ClFN4O2. The van der Waals surface area contributed by atoms with Gasteiger partial charge in [-0.05, 0) is 13.8 Å². The van der Waals surface area contributed by atoms with Gasteiger partial charge in [-0.3, -0.25) is 9.36 Å². The van der Waals surface area contributed by atoms with Crippen molar-refractivity contribution in [3.8, 4) is 0 Å². The predicted octanol–water partition coefficient (Wildman–Crippen LogP) is 0.255. The fourth-order valence-corrected chi connectivity index (χ4v) is 1.41. The fourth-order valence-electron chi connectivity index (χ4n) is 1.41. The van der Waals surface area contributed by atoms with Gasteiger partial charge in [-0.2, -0.15) is 4.98 Å². The predicted molar refractivity (Wildman–Crippen MR) is 68.0 cm³/mol. The first kappa shape index (κ1) is 16.4. The van der Waals surface area contributed by atoms with Crippen LogP contribution in [-0.4, -0.2) is 33.4 Å². The van der Waals surface area contributed by atoms with E-state index >= 15 is 0 Å². The zero-order valence-electron chi connectivity index (χ0n) is 10.2. The number of nitrogen functional groups attached to an aromatic ring is 1. The highest BCUT2D eigenvalue weighted by atomic mass is 35.5. The van der Waals surface area contributed by atoms with Crippen LogP contribution in [0.25, 0.3) is 0 Å². The zero-order chi connectivity index (χ0) is 13.0. The number of likely N-dealkylation sites (N-methyl/N-ethyl adjacent to an activating group) is 1. The Kier molecular flexibility index (Phi) is 6.32. The summed E-state index contributed by atoms with van der Waals surface area (Å²) in [7, 11) is 0. The maximum atomic E-state index is 13.1. The fraction of sp³-hybridized carbons (Fsp3) is 0.500. The molecule has 0 bridgehead atoms. The third kappa shape index (κ3) is 3.69. The lowest BCUT2D eigenvalue weighted by atomic mass is 10.4. The molecule has 0 saturated carbocycles. The molecule has 1 rings (SSSR count). The quantitative estimate of drug-likeness (QED) is 0.856. The topological polar surface area (TPSA) is 81.2 Å². The highest BCUT2D eigenvalue weighted by molar-refractivity contribution is 5.85. The number of carbonyl (C=O) groups excluding carboxylic acids is 1. The molecule has 0 aliphatic carbocycles. The van der Waals surface area contributed by atoms with Gasteiger partial charge in [0.2, 0.25) is 5.91 Å². The van der Waals surface area contributed by atoms with Gasteiger partial charge in [0, 0.05) is 19.3 Å². The van der Waals surface area contributed by atoms with Crippen molar-refractivity contribution in [3.05, 3.63) is 22.5 Å². The Morgan fingerprint density at radius 2 is 2.06 bits per heavy atom. The summed E-state index contributed by atoms with van der Waals surface area (Å²) in [6.07, 6.45) is 0.895. The van der Waals surface area contributed by atoms with Gasteiger partial charge >= 0.3 is 5.69 Å². The number of hydrogen-bond donors (Lipinski definition) is 1. The van der Waals surface area contributed by atoms with E-state index in [-0.39, 0.29) is 24.9 Å². The Balaban J connectivity index is 0.00000289. The van der Waals surface area contributed by atoms with Crippen molar-refractivity contribution in [2.24, 2.45) is 0 Å². The van der Waals surface area contributed by atoms with Crippen LogP contribution in [0, 0.1) is 5.82 Å². The average Bonchev–Trinajstić information content (AvgIpc) is 2.27. The average molecular weight is 279 g/mol. The third-order valence-corrected chi connectivity index (χ3v) is 2.40. The second-order valence-corrected chi connectivity index (χ2v) is 3.45. The molecule has 1 amide bonds. The van der Waals surface area contributed by atoms with Crippen molar-refractivity contribution in [1.29, 1.82) is 0 Å². The van der Waals surface area contributed by atoms with Gasteiger partial charge in [0.25, 0.3) is 0 Å². The molecule has 8 heteroatoms. The minimum Gasteiger partial charge on any atom is -0.381 e. The Morgan fingerprint density at radius 3 is 2.56 bits per heavy atom. The molecule has 6 nitrogen and oxygen atoms in total. The number of amides is 1. The monoisotopic (exact) mass is 278 g/mol. The molecule has 1 heterocycles. The Bertz CT molecular complexity index is 473. The smallest absolute Gasteiger partial charge is 0.350 e. The largest absolute Gasteiger partial charge is 0.381 e. The van der Waals surface area contributed by atoms with Crippen LogP contribution in [0.1, 0.15) is 13.8 Å². The van der Waals surface area contributed by atoms with Crippen LogP contribution in [0.15, 0.2) is 11.0 Å². The third-order valence-electron chi connectivity index (χ3n) is 2.40. The van der Waals surface area contributed by atoms with E-state index in [9.17, 15) is 14.0 Å². The lowest BCUT2D eigenvalue weighted by Crippen LogP contribution is -2.37. The number of halogens is 2. The van der Waals surface area contributed by atoms with Gasteiger partial charge in [-0.1, -0.05) is 0 Å². The van der Waals surface area contributed by atoms with E-state index in [1.54, 1.807) is 4.90 Å². The molecule has 0 saturated heterocycles. The van der Waals surface area contributed by atoms with E-state index in [1.165, 1.54) is 0 Å². The molecule has 0 atom stereocenters. The number of nitrogens with zero attached hydrogens (tertiary/aromatic N) is 3. The van der Waals surface area contributed by atoms with Crippen molar-refractivity contribution < 1.29 is 9.18 Å². The van der Waals surface area contributed by atoms with Crippen LogP contribution < -0.4 is 11.4 Å². The number of carbonyl (C=O) groups is 1. The maximum absolute atomic E-state index is 13.1. The van der Waals surface area contributed by atoms with Crippen molar-refractivity contribution in [3.63, 3.8) is 0 Å². The lowest BCUT2D eigenvalue weighted by molar-refractivity contribution is -0.131. The standard InChI is InChI=1S/C10H15FN4O2.ClH/c1-3-14(4-2)8(16)6-15-5-7(11)9(12)13-10(15)17;/h5H,3-4,6H2,1-2H3,(H2,12,13,17);1H. The summed E-state index contributed by atoms with van der Waals surface area (Å²) >= 11 is 0.